The first-order chi connectivity index (χ1) is 10.5. The van der Waals surface area contributed by atoms with E-state index in [1.165, 1.54) is 6.26 Å². The van der Waals surface area contributed by atoms with Crippen molar-refractivity contribution in [2.75, 3.05) is 6.61 Å². The molecule has 0 bridgehead atoms. The minimum absolute atomic E-state index is 0.175. The van der Waals surface area contributed by atoms with Gasteiger partial charge < -0.3 is 14.5 Å². The number of nitrogens with one attached hydrogen (secondary N) is 1. The average Bonchev–Trinajstić information content (AvgIpc) is 3.02. The Labute approximate surface area is 124 Å². The van der Waals surface area contributed by atoms with Crippen LogP contribution < -0.4 is 5.32 Å². The van der Waals surface area contributed by atoms with E-state index < -0.39 is 30.1 Å². The third-order valence-corrected chi connectivity index (χ3v) is 2.84. The molecule has 0 saturated heterocycles. The molecule has 0 aliphatic carbocycles. The maximum absolute atomic E-state index is 13.0. The zero-order valence-corrected chi connectivity index (χ0v) is 11.6. The van der Waals surface area contributed by atoms with Crippen LogP contribution in [-0.4, -0.2) is 18.5 Å². The van der Waals surface area contributed by atoms with E-state index >= 15 is 0 Å². The molecule has 7 heteroatoms. The summed E-state index contributed by atoms with van der Waals surface area (Å²) in [6.45, 7) is 1.16. The van der Waals surface area contributed by atoms with E-state index in [0.717, 1.165) is 12.1 Å². The largest absolute Gasteiger partial charge is 0.467 e. The van der Waals surface area contributed by atoms with Gasteiger partial charge in [-0.2, -0.15) is 0 Å². The predicted molar refractivity (Wildman–Crippen MR) is 71.9 cm³/mol. The lowest BCUT2D eigenvalue weighted by molar-refractivity contribution is -0.125. The molecule has 1 N–H and O–H groups in total. The molecule has 2 aromatic rings. The Balaban J connectivity index is 1.85. The van der Waals surface area contributed by atoms with Crippen LogP contribution in [0.5, 0.6) is 0 Å². The molecule has 0 aliphatic rings. The molecule has 0 spiro atoms. The normalized spacial score (nSPS) is 11.8. The molecular formula is C15H13F2NO4. The van der Waals surface area contributed by atoms with Gasteiger partial charge in [0.25, 0.3) is 5.91 Å². The SMILES string of the molecule is C[C@H](NC(=O)COC(=O)c1ccc(F)c(F)c1)c1ccco1. The van der Waals surface area contributed by atoms with Gasteiger partial charge in [-0.05, 0) is 37.3 Å². The van der Waals surface area contributed by atoms with Crippen molar-refractivity contribution < 1.29 is 27.5 Å². The number of hydrogen-bond donors (Lipinski definition) is 1. The molecule has 1 aromatic heterocycles. The van der Waals surface area contributed by atoms with Crippen LogP contribution in [0.3, 0.4) is 0 Å². The van der Waals surface area contributed by atoms with Gasteiger partial charge >= 0.3 is 5.97 Å². The Hall–Kier alpha value is -2.70. The van der Waals surface area contributed by atoms with Crippen LogP contribution >= 0.6 is 0 Å². The van der Waals surface area contributed by atoms with Gasteiger partial charge in [0.2, 0.25) is 0 Å². The molecule has 2 rings (SSSR count). The first-order valence-electron chi connectivity index (χ1n) is 6.42. The summed E-state index contributed by atoms with van der Waals surface area (Å²) in [7, 11) is 0. The number of halogens is 2. The molecule has 0 fully saturated rings. The Morgan fingerprint density at radius 3 is 2.68 bits per heavy atom. The van der Waals surface area contributed by atoms with Gasteiger partial charge in [-0.1, -0.05) is 0 Å². The lowest BCUT2D eigenvalue weighted by Gasteiger charge is -2.11. The molecule has 1 amide bonds. The lowest BCUT2D eigenvalue weighted by atomic mass is 10.2. The van der Waals surface area contributed by atoms with Gasteiger partial charge in [0.05, 0.1) is 17.9 Å². The summed E-state index contributed by atoms with van der Waals surface area (Å²) >= 11 is 0. The number of esters is 1. The topological polar surface area (TPSA) is 68.5 Å². The Morgan fingerprint density at radius 1 is 1.27 bits per heavy atom. The molecule has 0 saturated carbocycles. The predicted octanol–water partition coefficient (Wildman–Crippen LogP) is 2.59. The Morgan fingerprint density at radius 2 is 2.05 bits per heavy atom. The summed E-state index contributed by atoms with van der Waals surface area (Å²) in [5.74, 6) is -3.13. The third-order valence-electron chi connectivity index (χ3n) is 2.84. The smallest absolute Gasteiger partial charge is 0.338 e. The summed E-state index contributed by atoms with van der Waals surface area (Å²) in [5.41, 5.74) is -0.175. The summed E-state index contributed by atoms with van der Waals surface area (Å²) in [6.07, 6.45) is 1.47. The number of carbonyl (C=O) groups excluding carboxylic acids is 2. The van der Waals surface area contributed by atoms with E-state index in [0.29, 0.717) is 11.8 Å². The van der Waals surface area contributed by atoms with E-state index in [4.69, 9.17) is 9.15 Å². The minimum Gasteiger partial charge on any atom is -0.467 e. The van der Waals surface area contributed by atoms with Gasteiger partial charge in [-0.3, -0.25) is 4.79 Å². The fourth-order valence-corrected chi connectivity index (χ4v) is 1.73. The number of amides is 1. The molecule has 1 heterocycles. The highest BCUT2D eigenvalue weighted by Crippen LogP contribution is 2.12. The van der Waals surface area contributed by atoms with Crippen molar-refractivity contribution in [1.29, 1.82) is 0 Å². The maximum atomic E-state index is 13.0. The van der Waals surface area contributed by atoms with Gasteiger partial charge in [0.1, 0.15) is 5.76 Å². The van der Waals surface area contributed by atoms with Crippen molar-refractivity contribution in [1.82, 2.24) is 5.32 Å². The standard InChI is InChI=1S/C15H13F2NO4/c1-9(13-3-2-6-21-13)18-14(19)8-22-15(20)10-4-5-11(16)12(17)7-10/h2-7,9H,8H2,1H3,(H,18,19)/t9-/m0/s1. The van der Waals surface area contributed by atoms with E-state index in [2.05, 4.69) is 5.32 Å². The molecule has 1 atom stereocenters. The highest BCUT2D eigenvalue weighted by Gasteiger charge is 2.15. The number of benzene rings is 1. The van der Waals surface area contributed by atoms with E-state index in [1.54, 1.807) is 19.1 Å². The van der Waals surface area contributed by atoms with E-state index in [-0.39, 0.29) is 11.6 Å². The molecule has 1 aromatic carbocycles. The molecular weight excluding hydrogens is 296 g/mol. The van der Waals surface area contributed by atoms with Crippen LogP contribution in [0.4, 0.5) is 8.78 Å². The zero-order valence-electron chi connectivity index (χ0n) is 11.6. The van der Waals surface area contributed by atoms with Gasteiger partial charge in [0.15, 0.2) is 18.2 Å². The van der Waals surface area contributed by atoms with Gasteiger partial charge in [0, 0.05) is 0 Å². The van der Waals surface area contributed by atoms with Crippen LogP contribution in [0.1, 0.15) is 29.1 Å². The summed E-state index contributed by atoms with van der Waals surface area (Å²) in [5, 5.41) is 2.57. The maximum Gasteiger partial charge on any atom is 0.338 e. The van der Waals surface area contributed by atoms with Gasteiger partial charge in [-0.15, -0.1) is 0 Å². The molecule has 0 aliphatic heterocycles. The summed E-state index contributed by atoms with van der Waals surface area (Å²) < 4.78 is 35.6. The zero-order chi connectivity index (χ0) is 16.1. The molecule has 0 unspecified atom stereocenters. The van der Waals surface area contributed by atoms with E-state index in [1.807, 2.05) is 0 Å². The fourth-order valence-electron chi connectivity index (χ4n) is 1.73. The van der Waals surface area contributed by atoms with Crippen molar-refractivity contribution in [2.24, 2.45) is 0 Å². The number of hydrogen-bond acceptors (Lipinski definition) is 4. The van der Waals surface area contributed by atoms with Crippen LogP contribution in [0.15, 0.2) is 41.0 Å². The number of carbonyl (C=O) groups is 2. The summed E-state index contributed by atoms with van der Waals surface area (Å²) in [4.78, 5) is 23.3. The molecule has 116 valence electrons. The molecule has 22 heavy (non-hydrogen) atoms. The number of furan rings is 1. The quantitative estimate of drug-likeness (QED) is 0.862. The second-order valence-corrected chi connectivity index (χ2v) is 4.51. The summed E-state index contributed by atoms with van der Waals surface area (Å²) in [6, 6.07) is 5.58. The minimum atomic E-state index is -1.16. The van der Waals surface area contributed by atoms with E-state index in [9.17, 15) is 18.4 Å². The number of ether oxygens (including phenoxy) is 1. The first kappa shape index (κ1) is 15.7. The van der Waals surface area contributed by atoms with Crippen molar-refractivity contribution in [2.45, 2.75) is 13.0 Å². The molecule has 5 nitrogen and oxygen atoms in total. The highest BCUT2D eigenvalue weighted by molar-refractivity contribution is 5.91. The monoisotopic (exact) mass is 309 g/mol. The molecule has 0 radical (unpaired) electrons. The third kappa shape index (κ3) is 3.91. The van der Waals surface area contributed by atoms with Crippen LogP contribution in [0, 0.1) is 11.6 Å². The second kappa shape index (κ2) is 6.84. The number of rotatable bonds is 5. The van der Waals surface area contributed by atoms with Crippen molar-refractivity contribution in [3.05, 3.63) is 59.6 Å². The Bertz CT molecular complexity index is 670. The lowest BCUT2D eigenvalue weighted by Crippen LogP contribution is -2.31. The highest BCUT2D eigenvalue weighted by atomic mass is 19.2. The fraction of sp³-hybridized carbons (Fsp3) is 0.200. The van der Waals surface area contributed by atoms with Crippen molar-refractivity contribution >= 4 is 11.9 Å². The Kier molecular flexibility index (Phi) is 4.88. The van der Waals surface area contributed by atoms with Crippen LogP contribution in [0.2, 0.25) is 0 Å². The van der Waals surface area contributed by atoms with Crippen LogP contribution in [0.25, 0.3) is 0 Å². The van der Waals surface area contributed by atoms with Crippen molar-refractivity contribution in [3.63, 3.8) is 0 Å². The first-order valence-corrected chi connectivity index (χ1v) is 6.42. The van der Waals surface area contributed by atoms with Crippen molar-refractivity contribution in [3.8, 4) is 0 Å². The van der Waals surface area contributed by atoms with Crippen LogP contribution in [-0.2, 0) is 9.53 Å². The average molecular weight is 309 g/mol. The second-order valence-electron chi connectivity index (χ2n) is 4.51. The van der Waals surface area contributed by atoms with Gasteiger partial charge in [-0.25, -0.2) is 13.6 Å².